The molecule has 1 aromatic carbocycles. The van der Waals surface area contributed by atoms with Gasteiger partial charge < -0.3 is 0 Å². The lowest BCUT2D eigenvalue weighted by molar-refractivity contribution is 0.485. The van der Waals surface area contributed by atoms with Crippen molar-refractivity contribution in [3.05, 3.63) is 54.2 Å². The second kappa shape index (κ2) is 4.01. The van der Waals surface area contributed by atoms with E-state index in [9.17, 15) is 4.39 Å². The highest BCUT2D eigenvalue weighted by Gasteiger charge is 1.98. The van der Waals surface area contributed by atoms with Crippen LogP contribution in [0.1, 0.15) is 5.56 Å². The summed E-state index contributed by atoms with van der Waals surface area (Å²) in [5.74, 6) is 0. The van der Waals surface area contributed by atoms with Gasteiger partial charge in [0.25, 0.3) is 0 Å². The predicted molar refractivity (Wildman–Crippen MR) is 54.5 cm³/mol. The van der Waals surface area contributed by atoms with E-state index in [4.69, 9.17) is 0 Å². The van der Waals surface area contributed by atoms with Crippen molar-refractivity contribution < 1.29 is 4.39 Å². The molecule has 0 saturated heterocycles. The first-order valence-corrected chi connectivity index (χ1v) is 4.46. The van der Waals surface area contributed by atoms with Crippen molar-refractivity contribution in [2.45, 2.75) is 6.67 Å². The van der Waals surface area contributed by atoms with Crippen LogP contribution in [0.4, 0.5) is 4.39 Å². The molecule has 0 radical (unpaired) electrons. The highest BCUT2D eigenvalue weighted by molar-refractivity contribution is 5.59. The van der Waals surface area contributed by atoms with Crippen LogP contribution in [-0.2, 0) is 6.67 Å². The molecular formula is C12H10FN. The second-order valence-electron chi connectivity index (χ2n) is 3.05. The van der Waals surface area contributed by atoms with Gasteiger partial charge in [-0.3, -0.25) is 4.98 Å². The maximum atomic E-state index is 12.4. The number of pyridine rings is 1. The predicted octanol–water partition coefficient (Wildman–Crippen LogP) is 3.22. The van der Waals surface area contributed by atoms with Crippen molar-refractivity contribution in [2.24, 2.45) is 0 Å². The summed E-state index contributed by atoms with van der Waals surface area (Å²) in [5.41, 5.74) is 2.52. The molecule has 0 N–H and O–H groups in total. The molecule has 1 heterocycles. The summed E-state index contributed by atoms with van der Waals surface area (Å²) in [6, 6.07) is 13.1. The Bertz CT molecular complexity index is 412. The zero-order chi connectivity index (χ0) is 9.80. The Morgan fingerprint density at radius 3 is 2.71 bits per heavy atom. The number of aromatic nitrogens is 1. The summed E-state index contributed by atoms with van der Waals surface area (Å²) in [5, 5.41) is 0. The van der Waals surface area contributed by atoms with Gasteiger partial charge >= 0.3 is 0 Å². The van der Waals surface area contributed by atoms with Gasteiger partial charge in [0.1, 0.15) is 6.67 Å². The van der Waals surface area contributed by atoms with Crippen LogP contribution in [0, 0.1) is 0 Å². The molecule has 0 aliphatic heterocycles. The normalized spacial score (nSPS) is 10.1. The van der Waals surface area contributed by atoms with Crippen LogP contribution in [0.15, 0.2) is 48.7 Å². The van der Waals surface area contributed by atoms with E-state index in [1.54, 1.807) is 12.3 Å². The molecule has 2 heteroatoms. The summed E-state index contributed by atoms with van der Waals surface area (Å²) in [6.45, 7) is -0.430. The number of hydrogen-bond donors (Lipinski definition) is 0. The van der Waals surface area contributed by atoms with Crippen molar-refractivity contribution in [3.8, 4) is 11.3 Å². The minimum Gasteiger partial charge on any atom is -0.256 e. The van der Waals surface area contributed by atoms with Crippen molar-refractivity contribution >= 4 is 0 Å². The van der Waals surface area contributed by atoms with Gasteiger partial charge in [-0.2, -0.15) is 0 Å². The number of benzene rings is 1. The van der Waals surface area contributed by atoms with Crippen molar-refractivity contribution in [2.75, 3.05) is 0 Å². The van der Waals surface area contributed by atoms with E-state index in [1.165, 1.54) is 0 Å². The van der Waals surface area contributed by atoms with Crippen LogP contribution in [-0.4, -0.2) is 4.98 Å². The summed E-state index contributed by atoms with van der Waals surface area (Å²) < 4.78 is 12.4. The van der Waals surface area contributed by atoms with Crippen LogP contribution in [0.3, 0.4) is 0 Å². The third kappa shape index (κ3) is 1.79. The molecular weight excluding hydrogens is 177 g/mol. The van der Waals surface area contributed by atoms with Gasteiger partial charge in [0, 0.05) is 11.8 Å². The number of halogens is 1. The number of rotatable bonds is 2. The van der Waals surface area contributed by atoms with Gasteiger partial charge in [0.15, 0.2) is 0 Å². The highest BCUT2D eigenvalue weighted by Crippen LogP contribution is 2.17. The Labute approximate surface area is 82.2 Å². The number of hydrogen-bond acceptors (Lipinski definition) is 1. The van der Waals surface area contributed by atoms with Crippen LogP contribution in [0.2, 0.25) is 0 Å². The maximum Gasteiger partial charge on any atom is 0.115 e. The summed E-state index contributed by atoms with van der Waals surface area (Å²) in [4.78, 5) is 4.20. The fourth-order valence-electron chi connectivity index (χ4n) is 1.35. The number of nitrogens with zero attached hydrogens (tertiary/aromatic N) is 1. The molecule has 0 bridgehead atoms. The first-order chi connectivity index (χ1) is 6.90. The standard InChI is InChI=1S/C12H10FN/c13-9-10-4-3-5-11(8-10)12-6-1-2-7-14-12/h1-8H,9H2. The lowest BCUT2D eigenvalue weighted by Crippen LogP contribution is -1.84. The van der Waals surface area contributed by atoms with Crippen molar-refractivity contribution in [1.29, 1.82) is 0 Å². The molecule has 0 saturated carbocycles. The summed E-state index contributed by atoms with van der Waals surface area (Å²) >= 11 is 0. The Morgan fingerprint density at radius 1 is 1.07 bits per heavy atom. The average molecular weight is 187 g/mol. The summed E-state index contributed by atoms with van der Waals surface area (Å²) in [6.07, 6.45) is 1.73. The molecule has 1 aromatic heterocycles. The minimum absolute atomic E-state index is 0.430. The summed E-state index contributed by atoms with van der Waals surface area (Å²) in [7, 11) is 0. The quantitative estimate of drug-likeness (QED) is 0.703. The SMILES string of the molecule is FCc1cccc(-c2ccccn2)c1. The molecule has 2 aromatic rings. The molecule has 70 valence electrons. The monoisotopic (exact) mass is 187 g/mol. The smallest absolute Gasteiger partial charge is 0.115 e. The number of alkyl halides is 1. The van der Waals surface area contributed by atoms with Gasteiger partial charge in [-0.05, 0) is 23.8 Å². The molecule has 14 heavy (non-hydrogen) atoms. The van der Waals surface area contributed by atoms with E-state index in [0.29, 0.717) is 5.56 Å². The van der Waals surface area contributed by atoms with E-state index in [0.717, 1.165) is 11.3 Å². The Morgan fingerprint density at radius 2 is 2.00 bits per heavy atom. The third-order valence-electron chi connectivity index (χ3n) is 2.04. The van der Waals surface area contributed by atoms with E-state index in [1.807, 2.05) is 36.4 Å². The third-order valence-corrected chi connectivity index (χ3v) is 2.04. The molecule has 2 rings (SSSR count). The minimum atomic E-state index is -0.430. The first kappa shape index (κ1) is 8.88. The zero-order valence-electron chi connectivity index (χ0n) is 7.65. The van der Waals surface area contributed by atoms with Crippen LogP contribution >= 0.6 is 0 Å². The lowest BCUT2D eigenvalue weighted by Gasteiger charge is -2.01. The molecule has 0 unspecified atom stereocenters. The van der Waals surface area contributed by atoms with E-state index in [-0.39, 0.29) is 0 Å². The van der Waals surface area contributed by atoms with Crippen molar-refractivity contribution in [1.82, 2.24) is 4.98 Å². The molecule has 0 amide bonds. The lowest BCUT2D eigenvalue weighted by atomic mass is 10.1. The van der Waals surface area contributed by atoms with E-state index in [2.05, 4.69) is 4.98 Å². The Balaban J connectivity index is 2.42. The van der Waals surface area contributed by atoms with E-state index < -0.39 is 6.67 Å². The van der Waals surface area contributed by atoms with Crippen LogP contribution in [0.5, 0.6) is 0 Å². The molecule has 0 aliphatic rings. The zero-order valence-corrected chi connectivity index (χ0v) is 7.65. The van der Waals surface area contributed by atoms with Crippen LogP contribution in [0.25, 0.3) is 11.3 Å². The van der Waals surface area contributed by atoms with E-state index >= 15 is 0 Å². The average Bonchev–Trinajstić information content (AvgIpc) is 2.30. The first-order valence-electron chi connectivity index (χ1n) is 4.46. The second-order valence-corrected chi connectivity index (χ2v) is 3.05. The molecule has 0 fully saturated rings. The van der Waals surface area contributed by atoms with Gasteiger partial charge in [0.2, 0.25) is 0 Å². The largest absolute Gasteiger partial charge is 0.256 e. The van der Waals surface area contributed by atoms with Gasteiger partial charge in [-0.25, -0.2) is 4.39 Å². The molecule has 0 atom stereocenters. The Kier molecular flexibility index (Phi) is 2.54. The maximum absolute atomic E-state index is 12.4. The molecule has 0 aliphatic carbocycles. The topological polar surface area (TPSA) is 12.9 Å². The Hall–Kier alpha value is -1.70. The van der Waals surface area contributed by atoms with Crippen LogP contribution < -0.4 is 0 Å². The fraction of sp³-hybridized carbons (Fsp3) is 0.0833. The highest BCUT2D eigenvalue weighted by atomic mass is 19.1. The van der Waals surface area contributed by atoms with Gasteiger partial charge in [-0.1, -0.05) is 24.3 Å². The van der Waals surface area contributed by atoms with Gasteiger partial charge in [-0.15, -0.1) is 0 Å². The van der Waals surface area contributed by atoms with Crippen molar-refractivity contribution in [3.63, 3.8) is 0 Å². The molecule has 1 nitrogen and oxygen atoms in total. The molecule has 0 spiro atoms. The van der Waals surface area contributed by atoms with Gasteiger partial charge in [0.05, 0.1) is 5.69 Å². The fourth-order valence-corrected chi connectivity index (χ4v) is 1.35.